The zero-order valence-corrected chi connectivity index (χ0v) is 11.2. The van der Waals surface area contributed by atoms with Gasteiger partial charge in [-0.15, -0.1) is 0 Å². The summed E-state index contributed by atoms with van der Waals surface area (Å²) in [6, 6.07) is 3.93. The van der Waals surface area contributed by atoms with Crippen LogP contribution in [-0.2, 0) is 4.74 Å². The summed E-state index contributed by atoms with van der Waals surface area (Å²) in [5.74, 6) is 1.53. The molecular formula is C13H23N3O2. The first-order chi connectivity index (χ1) is 8.81. The maximum atomic E-state index is 5.65. The van der Waals surface area contributed by atoms with Crippen molar-refractivity contribution < 1.29 is 9.47 Å². The number of aromatic nitrogens is 1. The number of anilines is 1. The number of pyridine rings is 1. The van der Waals surface area contributed by atoms with E-state index in [-0.39, 0.29) is 6.04 Å². The van der Waals surface area contributed by atoms with Crippen molar-refractivity contribution in [1.82, 2.24) is 4.98 Å². The van der Waals surface area contributed by atoms with Crippen LogP contribution in [-0.4, -0.2) is 37.9 Å². The van der Waals surface area contributed by atoms with Crippen LogP contribution < -0.4 is 15.8 Å². The molecule has 0 saturated heterocycles. The molecule has 3 N–H and O–H groups in total. The van der Waals surface area contributed by atoms with Crippen molar-refractivity contribution in [3.05, 3.63) is 18.3 Å². The van der Waals surface area contributed by atoms with Crippen molar-refractivity contribution in [2.24, 2.45) is 5.73 Å². The SMILES string of the molecule is CCCOc1cccnc1NC(CCN)COC. The Labute approximate surface area is 109 Å². The van der Waals surface area contributed by atoms with Gasteiger partial charge >= 0.3 is 0 Å². The van der Waals surface area contributed by atoms with E-state index < -0.39 is 0 Å². The van der Waals surface area contributed by atoms with E-state index in [4.69, 9.17) is 15.2 Å². The minimum atomic E-state index is 0.152. The summed E-state index contributed by atoms with van der Waals surface area (Å²) in [6.45, 7) is 3.97. The van der Waals surface area contributed by atoms with Crippen LogP contribution in [0.15, 0.2) is 18.3 Å². The molecule has 5 nitrogen and oxygen atoms in total. The van der Waals surface area contributed by atoms with E-state index in [1.165, 1.54) is 0 Å². The number of nitrogens with zero attached hydrogens (tertiary/aromatic N) is 1. The fourth-order valence-corrected chi connectivity index (χ4v) is 1.62. The van der Waals surface area contributed by atoms with Gasteiger partial charge in [-0.1, -0.05) is 6.92 Å². The largest absolute Gasteiger partial charge is 0.490 e. The third-order valence-electron chi connectivity index (χ3n) is 2.46. The lowest BCUT2D eigenvalue weighted by molar-refractivity contribution is 0.183. The predicted octanol–water partition coefficient (Wildman–Crippen LogP) is 1.65. The molecule has 0 aromatic carbocycles. The van der Waals surface area contributed by atoms with Gasteiger partial charge in [0.05, 0.1) is 19.3 Å². The minimum Gasteiger partial charge on any atom is -0.490 e. The van der Waals surface area contributed by atoms with E-state index in [1.807, 2.05) is 12.1 Å². The van der Waals surface area contributed by atoms with Crippen molar-refractivity contribution in [2.45, 2.75) is 25.8 Å². The molecule has 0 fully saturated rings. The first-order valence-electron chi connectivity index (χ1n) is 6.35. The highest BCUT2D eigenvalue weighted by Crippen LogP contribution is 2.22. The summed E-state index contributed by atoms with van der Waals surface area (Å²) >= 11 is 0. The molecule has 1 unspecified atom stereocenters. The molecule has 0 aliphatic heterocycles. The lowest BCUT2D eigenvalue weighted by Gasteiger charge is -2.19. The molecule has 0 spiro atoms. The molecule has 0 radical (unpaired) electrons. The summed E-state index contributed by atoms with van der Waals surface area (Å²) < 4.78 is 10.8. The second kappa shape index (κ2) is 8.72. The van der Waals surface area contributed by atoms with Gasteiger partial charge in [-0.25, -0.2) is 4.98 Å². The summed E-state index contributed by atoms with van der Waals surface area (Å²) in [4.78, 5) is 4.30. The Morgan fingerprint density at radius 1 is 1.50 bits per heavy atom. The van der Waals surface area contributed by atoms with Gasteiger partial charge in [0.2, 0.25) is 0 Å². The van der Waals surface area contributed by atoms with E-state index in [0.29, 0.717) is 19.8 Å². The molecule has 1 heterocycles. The summed E-state index contributed by atoms with van der Waals surface area (Å²) in [6.07, 6.45) is 3.55. The Hall–Kier alpha value is -1.33. The third kappa shape index (κ3) is 4.89. The van der Waals surface area contributed by atoms with Gasteiger partial charge < -0.3 is 20.5 Å². The van der Waals surface area contributed by atoms with Crippen molar-refractivity contribution in [3.63, 3.8) is 0 Å². The highest BCUT2D eigenvalue weighted by Gasteiger charge is 2.11. The van der Waals surface area contributed by atoms with Crippen LogP contribution in [0.1, 0.15) is 19.8 Å². The second-order valence-corrected chi connectivity index (χ2v) is 4.07. The van der Waals surface area contributed by atoms with E-state index in [1.54, 1.807) is 13.3 Å². The molecule has 1 rings (SSSR count). The Bertz CT molecular complexity index is 328. The van der Waals surface area contributed by atoms with Gasteiger partial charge in [0.25, 0.3) is 0 Å². The number of nitrogens with two attached hydrogens (primary N) is 1. The smallest absolute Gasteiger partial charge is 0.169 e. The number of methoxy groups -OCH3 is 1. The molecule has 1 aromatic rings. The molecule has 102 valence electrons. The molecule has 0 bridgehead atoms. The number of hydrogen-bond donors (Lipinski definition) is 2. The lowest BCUT2D eigenvalue weighted by atomic mass is 10.2. The fraction of sp³-hybridized carbons (Fsp3) is 0.615. The van der Waals surface area contributed by atoms with Crippen LogP contribution in [0.2, 0.25) is 0 Å². The zero-order valence-electron chi connectivity index (χ0n) is 11.2. The van der Waals surface area contributed by atoms with Crippen LogP contribution in [0.4, 0.5) is 5.82 Å². The van der Waals surface area contributed by atoms with Crippen molar-refractivity contribution in [1.29, 1.82) is 0 Å². The Kier molecular flexibility index (Phi) is 7.13. The number of hydrogen-bond acceptors (Lipinski definition) is 5. The summed E-state index contributed by atoms with van der Waals surface area (Å²) in [7, 11) is 1.68. The minimum absolute atomic E-state index is 0.152. The van der Waals surface area contributed by atoms with Crippen LogP contribution in [0.3, 0.4) is 0 Å². The first-order valence-corrected chi connectivity index (χ1v) is 6.35. The van der Waals surface area contributed by atoms with Gasteiger partial charge in [-0.3, -0.25) is 0 Å². The van der Waals surface area contributed by atoms with E-state index >= 15 is 0 Å². The lowest BCUT2D eigenvalue weighted by Crippen LogP contribution is -2.28. The Balaban J connectivity index is 2.67. The van der Waals surface area contributed by atoms with Crippen molar-refractivity contribution >= 4 is 5.82 Å². The number of nitrogens with one attached hydrogen (secondary N) is 1. The number of rotatable bonds is 9. The number of ether oxygens (including phenoxy) is 2. The average molecular weight is 253 g/mol. The fourth-order valence-electron chi connectivity index (χ4n) is 1.62. The van der Waals surface area contributed by atoms with Gasteiger partial charge in [0.1, 0.15) is 0 Å². The first kappa shape index (κ1) is 14.7. The molecule has 0 amide bonds. The van der Waals surface area contributed by atoms with E-state index in [9.17, 15) is 0 Å². The van der Waals surface area contributed by atoms with Crippen LogP contribution >= 0.6 is 0 Å². The Morgan fingerprint density at radius 2 is 2.33 bits per heavy atom. The van der Waals surface area contributed by atoms with E-state index in [0.717, 1.165) is 24.4 Å². The van der Waals surface area contributed by atoms with Gasteiger partial charge in [0.15, 0.2) is 11.6 Å². The molecule has 1 atom stereocenters. The predicted molar refractivity (Wildman–Crippen MR) is 73.0 cm³/mol. The third-order valence-corrected chi connectivity index (χ3v) is 2.46. The molecule has 0 aliphatic carbocycles. The van der Waals surface area contributed by atoms with Crippen LogP contribution in [0.5, 0.6) is 5.75 Å². The molecule has 18 heavy (non-hydrogen) atoms. The van der Waals surface area contributed by atoms with E-state index in [2.05, 4.69) is 17.2 Å². The second-order valence-electron chi connectivity index (χ2n) is 4.07. The molecule has 0 aliphatic rings. The molecular weight excluding hydrogens is 230 g/mol. The van der Waals surface area contributed by atoms with Crippen LogP contribution in [0, 0.1) is 0 Å². The topological polar surface area (TPSA) is 69.4 Å². The van der Waals surface area contributed by atoms with Crippen molar-refractivity contribution in [2.75, 3.05) is 32.2 Å². The standard InChI is InChI=1S/C13H23N3O2/c1-3-9-18-12-5-4-8-15-13(12)16-11(6-7-14)10-17-2/h4-5,8,11H,3,6-7,9-10,14H2,1-2H3,(H,15,16). The highest BCUT2D eigenvalue weighted by molar-refractivity contribution is 5.50. The average Bonchev–Trinajstić information content (AvgIpc) is 2.38. The molecule has 0 saturated carbocycles. The van der Waals surface area contributed by atoms with Crippen LogP contribution in [0.25, 0.3) is 0 Å². The highest BCUT2D eigenvalue weighted by atomic mass is 16.5. The van der Waals surface area contributed by atoms with Gasteiger partial charge in [-0.2, -0.15) is 0 Å². The monoisotopic (exact) mass is 253 g/mol. The quantitative estimate of drug-likeness (QED) is 0.700. The van der Waals surface area contributed by atoms with Gasteiger partial charge in [-0.05, 0) is 31.5 Å². The zero-order chi connectivity index (χ0) is 13.2. The van der Waals surface area contributed by atoms with Crippen molar-refractivity contribution in [3.8, 4) is 5.75 Å². The maximum absolute atomic E-state index is 5.65. The summed E-state index contributed by atoms with van der Waals surface area (Å²) in [5.41, 5.74) is 5.58. The van der Waals surface area contributed by atoms with Gasteiger partial charge in [0, 0.05) is 13.3 Å². The summed E-state index contributed by atoms with van der Waals surface area (Å²) in [5, 5.41) is 3.32. The molecule has 1 aromatic heterocycles. The normalized spacial score (nSPS) is 12.2. The Morgan fingerprint density at radius 3 is 3.00 bits per heavy atom. The molecule has 5 heteroatoms. The maximum Gasteiger partial charge on any atom is 0.169 e.